The highest BCUT2D eigenvalue weighted by molar-refractivity contribution is 6.02. The highest BCUT2D eigenvalue weighted by Gasteiger charge is 2.23. The quantitative estimate of drug-likeness (QED) is 0.132. The van der Waals surface area contributed by atoms with Crippen LogP contribution in [0.15, 0.2) is 285 Å². The molecule has 12 aromatic carbocycles. The zero-order valence-corrected chi connectivity index (χ0v) is 38.1. The Balaban J connectivity index is 0.963. The first-order chi connectivity index (χ1) is 34.2. The van der Waals surface area contributed by atoms with E-state index >= 15 is 0 Å². The molecule has 0 amide bonds. The molecule has 0 fully saturated rings. The van der Waals surface area contributed by atoms with Gasteiger partial charge in [-0.3, -0.25) is 0 Å². The Morgan fingerprint density at radius 3 is 1.22 bits per heavy atom. The maximum Gasteiger partial charge on any atom is 0.0546 e. The number of hydrogen-bond donors (Lipinski definition) is 0. The molecule has 0 unspecified atom stereocenters. The molecule has 1 heteroatoms. The van der Waals surface area contributed by atoms with Crippen LogP contribution in [0.5, 0.6) is 0 Å². The maximum absolute atomic E-state index is 2.43. The van der Waals surface area contributed by atoms with Crippen molar-refractivity contribution in [2.24, 2.45) is 0 Å². The van der Waals surface area contributed by atoms with Gasteiger partial charge in [0.05, 0.1) is 5.69 Å². The smallest absolute Gasteiger partial charge is 0.0546 e. The molecule has 12 rings (SSSR count). The lowest BCUT2D eigenvalue weighted by molar-refractivity contribution is 1.28. The summed E-state index contributed by atoms with van der Waals surface area (Å²) in [4.78, 5) is 2.43. The van der Waals surface area contributed by atoms with E-state index in [1.54, 1.807) is 0 Å². The molecule has 0 atom stereocenters. The SMILES string of the molecule is c1ccc(-c2ccccc2-c2c(-c3ccccc3)cccc2N(c2ccc(-c3ccc(-c4ccc5ccccc5c4)cc3)cc2)c2ccc(-c3ccc(-c4cccc5ccccc45)cc3)cc2)cc1. The van der Waals surface area contributed by atoms with Crippen molar-refractivity contribution in [3.8, 4) is 77.9 Å². The molecule has 0 bridgehead atoms. The van der Waals surface area contributed by atoms with Crippen LogP contribution in [0.4, 0.5) is 17.1 Å². The van der Waals surface area contributed by atoms with E-state index < -0.39 is 0 Å². The van der Waals surface area contributed by atoms with E-state index in [-0.39, 0.29) is 0 Å². The standard InChI is InChI=1S/C68H47N/c1-3-16-54(17-4-1)64-24-11-12-25-66(64)68-65(56-18-5-2-6-19-56)27-14-28-67(68)69(60-43-39-51(40-44-60)49-29-31-53(32-30-49)59-38-35-48-15-7-8-21-58(48)47-59)61-45-41-52(42-46-61)50-33-36-57(37-34-50)63-26-13-22-55-20-9-10-23-62(55)63/h1-47H. The second kappa shape index (κ2) is 18.3. The third kappa shape index (κ3) is 8.18. The molecule has 0 radical (unpaired) electrons. The van der Waals surface area contributed by atoms with Gasteiger partial charge in [0.25, 0.3) is 0 Å². The number of anilines is 3. The first kappa shape index (κ1) is 41.4. The van der Waals surface area contributed by atoms with Gasteiger partial charge in [-0.25, -0.2) is 0 Å². The van der Waals surface area contributed by atoms with Crippen LogP contribution in [0.25, 0.3) is 99.4 Å². The summed E-state index contributed by atoms with van der Waals surface area (Å²) >= 11 is 0. The largest absolute Gasteiger partial charge is 0.310 e. The van der Waals surface area contributed by atoms with Crippen LogP contribution in [-0.4, -0.2) is 0 Å². The van der Waals surface area contributed by atoms with Gasteiger partial charge in [0.2, 0.25) is 0 Å². The molecule has 12 aromatic rings. The minimum absolute atomic E-state index is 1.07. The summed E-state index contributed by atoms with van der Waals surface area (Å²) in [5.74, 6) is 0. The van der Waals surface area contributed by atoms with Gasteiger partial charge >= 0.3 is 0 Å². The molecule has 0 N–H and O–H groups in total. The second-order valence-corrected chi connectivity index (χ2v) is 17.6. The van der Waals surface area contributed by atoms with Crippen molar-refractivity contribution in [3.63, 3.8) is 0 Å². The van der Waals surface area contributed by atoms with E-state index in [2.05, 4.69) is 290 Å². The molecule has 0 aliphatic carbocycles. The molecule has 0 saturated carbocycles. The molecule has 0 spiro atoms. The molecule has 0 aliphatic rings. The Labute approximate surface area is 404 Å². The summed E-state index contributed by atoms with van der Waals surface area (Å²) in [6, 6.07) is 104. The minimum Gasteiger partial charge on any atom is -0.310 e. The predicted octanol–water partition coefficient (Wildman–Crippen LogP) is 19.1. The van der Waals surface area contributed by atoms with E-state index in [1.165, 1.54) is 99.4 Å². The number of nitrogens with zero attached hydrogens (tertiary/aromatic N) is 1. The van der Waals surface area contributed by atoms with Crippen LogP contribution in [0.2, 0.25) is 0 Å². The van der Waals surface area contributed by atoms with Crippen LogP contribution >= 0.6 is 0 Å². The average molecular weight is 878 g/mol. The molecular formula is C68H47N. The molecule has 1 nitrogen and oxygen atoms in total. The van der Waals surface area contributed by atoms with E-state index in [4.69, 9.17) is 0 Å². The summed E-state index contributed by atoms with van der Waals surface area (Å²) < 4.78 is 0. The zero-order chi connectivity index (χ0) is 45.9. The van der Waals surface area contributed by atoms with Crippen molar-refractivity contribution >= 4 is 38.6 Å². The van der Waals surface area contributed by atoms with Gasteiger partial charge in [-0.2, -0.15) is 0 Å². The molecule has 324 valence electrons. The Morgan fingerprint density at radius 2 is 0.594 bits per heavy atom. The van der Waals surface area contributed by atoms with E-state index in [0.717, 1.165) is 17.1 Å². The number of fused-ring (bicyclic) bond motifs is 2. The van der Waals surface area contributed by atoms with Crippen molar-refractivity contribution in [1.29, 1.82) is 0 Å². The normalized spacial score (nSPS) is 11.2. The van der Waals surface area contributed by atoms with Crippen LogP contribution in [0.3, 0.4) is 0 Å². The highest BCUT2D eigenvalue weighted by atomic mass is 15.1. The zero-order valence-electron chi connectivity index (χ0n) is 38.1. The van der Waals surface area contributed by atoms with Crippen LogP contribution < -0.4 is 4.90 Å². The van der Waals surface area contributed by atoms with Gasteiger partial charge in [0.15, 0.2) is 0 Å². The lowest BCUT2D eigenvalue weighted by Gasteiger charge is -2.30. The molecule has 0 aliphatic heterocycles. The van der Waals surface area contributed by atoms with Crippen LogP contribution in [0.1, 0.15) is 0 Å². The van der Waals surface area contributed by atoms with E-state index in [0.29, 0.717) is 0 Å². The maximum atomic E-state index is 2.43. The summed E-state index contributed by atoms with van der Waals surface area (Å²) in [6.45, 7) is 0. The van der Waals surface area contributed by atoms with E-state index in [1.807, 2.05) is 0 Å². The number of rotatable bonds is 10. The Morgan fingerprint density at radius 1 is 0.203 bits per heavy atom. The lowest BCUT2D eigenvalue weighted by Crippen LogP contribution is -2.12. The van der Waals surface area contributed by atoms with Crippen LogP contribution in [-0.2, 0) is 0 Å². The van der Waals surface area contributed by atoms with E-state index in [9.17, 15) is 0 Å². The molecular weight excluding hydrogens is 831 g/mol. The van der Waals surface area contributed by atoms with Gasteiger partial charge in [0.1, 0.15) is 0 Å². The predicted molar refractivity (Wildman–Crippen MR) is 294 cm³/mol. The molecule has 0 saturated heterocycles. The monoisotopic (exact) mass is 877 g/mol. The Hall–Kier alpha value is -9.04. The summed E-state index contributed by atoms with van der Waals surface area (Å²) in [6.07, 6.45) is 0. The first-order valence-electron chi connectivity index (χ1n) is 23.7. The van der Waals surface area contributed by atoms with Crippen molar-refractivity contribution in [3.05, 3.63) is 285 Å². The third-order valence-electron chi connectivity index (χ3n) is 13.5. The van der Waals surface area contributed by atoms with Gasteiger partial charge in [0, 0.05) is 16.9 Å². The topological polar surface area (TPSA) is 3.24 Å². The van der Waals surface area contributed by atoms with Gasteiger partial charge < -0.3 is 4.90 Å². The van der Waals surface area contributed by atoms with Crippen LogP contribution in [0, 0.1) is 0 Å². The third-order valence-corrected chi connectivity index (χ3v) is 13.5. The van der Waals surface area contributed by atoms with Crippen molar-refractivity contribution in [1.82, 2.24) is 0 Å². The Bertz CT molecular complexity index is 3720. The molecule has 0 aromatic heterocycles. The summed E-state index contributed by atoms with van der Waals surface area (Å²) in [7, 11) is 0. The summed E-state index contributed by atoms with van der Waals surface area (Å²) in [5.41, 5.74) is 19.9. The van der Waals surface area contributed by atoms with Crippen molar-refractivity contribution in [2.45, 2.75) is 0 Å². The Kier molecular flexibility index (Phi) is 11.0. The molecule has 0 heterocycles. The van der Waals surface area contributed by atoms with Crippen molar-refractivity contribution in [2.75, 3.05) is 4.90 Å². The fraction of sp³-hybridized carbons (Fsp3) is 0. The number of benzene rings is 12. The highest BCUT2D eigenvalue weighted by Crippen LogP contribution is 2.48. The minimum atomic E-state index is 1.07. The number of hydrogen-bond acceptors (Lipinski definition) is 1. The lowest BCUT2D eigenvalue weighted by atomic mass is 9.87. The van der Waals surface area contributed by atoms with Gasteiger partial charge in [-0.15, -0.1) is 0 Å². The van der Waals surface area contributed by atoms with Gasteiger partial charge in [-0.05, 0) is 130 Å². The average Bonchev–Trinajstić information content (AvgIpc) is 3.44. The fourth-order valence-electron chi connectivity index (χ4n) is 10.0. The fourth-order valence-corrected chi connectivity index (χ4v) is 10.0. The summed E-state index contributed by atoms with van der Waals surface area (Å²) in [5, 5.41) is 5.02. The molecule has 69 heavy (non-hydrogen) atoms. The first-order valence-corrected chi connectivity index (χ1v) is 23.7. The van der Waals surface area contributed by atoms with Gasteiger partial charge in [-0.1, -0.05) is 249 Å². The van der Waals surface area contributed by atoms with Crippen molar-refractivity contribution < 1.29 is 0 Å². The second-order valence-electron chi connectivity index (χ2n) is 17.6.